The fraction of sp³-hybridized carbons (Fsp3) is 0.231. The van der Waals surface area contributed by atoms with E-state index >= 15 is 0 Å². The van der Waals surface area contributed by atoms with Crippen molar-refractivity contribution >= 4 is 5.97 Å². The van der Waals surface area contributed by atoms with Crippen LogP contribution >= 0.6 is 0 Å². The molecule has 1 aromatic carbocycles. The maximum atomic E-state index is 11.3. The van der Waals surface area contributed by atoms with E-state index in [0.717, 1.165) is 11.1 Å². The summed E-state index contributed by atoms with van der Waals surface area (Å²) in [5.41, 5.74) is 2.33. The van der Waals surface area contributed by atoms with E-state index in [-0.39, 0.29) is 0 Å². The van der Waals surface area contributed by atoms with Gasteiger partial charge in [-0.1, -0.05) is 24.3 Å². The van der Waals surface area contributed by atoms with Crippen LogP contribution in [0.5, 0.6) is 0 Å². The molecule has 0 unspecified atom stereocenters. The Labute approximate surface area is 105 Å². The topological polar surface area (TPSA) is 64.2 Å². The highest BCUT2D eigenvalue weighted by Gasteiger charge is 2.10. The van der Waals surface area contributed by atoms with Crippen molar-refractivity contribution in [2.24, 2.45) is 0 Å². The molecular formula is C13H14N2O3. The lowest BCUT2D eigenvalue weighted by Crippen LogP contribution is -2.00. The smallest absolute Gasteiger partial charge is 0.356 e. The third-order valence-corrected chi connectivity index (χ3v) is 2.52. The molecule has 0 aliphatic rings. The Morgan fingerprint density at radius 3 is 2.61 bits per heavy atom. The molecule has 0 amide bonds. The highest BCUT2D eigenvalue weighted by atomic mass is 16.5. The first kappa shape index (κ1) is 12.3. The Morgan fingerprint density at radius 2 is 2.00 bits per heavy atom. The lowest BCUT2D eigenvalue weighted by atomic mass is 10.1. The minimum Gasteiger partial charge on any atom is -0.464 e. The molecule has 1 aromatic heterocycles. The van der Waals surface area contributed by atoms with Gasteiger partial charge in [0.1, 0.15) is 11.5 Å². The van der Waals surface area contributed by atoms with Crippen LogP contribution in [0, 0.1) is 0 Å². The molecule has 1 heterocycles. The van der Waals surface area contributed by atoms with Crippen LogP contribution in [0.2, 0.25) is 0 Å². The van der Waals surface area contributed by atoms with Crippen LogP contribution < -0.4 is 0 Å². The molecule has 0 atom stereocenters. The normalized spacial score (nSPS) is 10.3. The van der Waals surface area contributed by atoms with E-state index in [4.69, 9.17) is 4.74 Å². The SMILES string of the molecule is COCc1ccc(-c2ncc(C(=O)OC)[nH]2)cc1. The van der Waals surface area contributed by atoms with Gasteiger partial charge in [0.15, 0.2) is 0 Å². The third kappa shape index (κ3) is 2.57. The number of esters is 1. The van der Waals surface area contributed by atoms with Crippen molar-refractivity contribution in [1.82, 2.24) is 9.97 Å². The largest absolute Gasteiger partial charge is 0.464 e. The zero-order valence-electron chi connectivity index (χ0n) is 10.3. The molecule has 0 aliphatic carbocycles. The molecule has 0 saturated heterocycles. The van der Waals surface area contributed by atoms with Gasteiger partial charge in [-0.2, -0.15) is 0 Å². The second kappa shape index (κ2) is 5.46. The summed E-state index contributed by atoms with van der Waals surface area (Å²) in [6, 6.07) is 7.76. The van der Waals surface area contributed by atoms with Crippen molar-refractivity contribution in [2.45, 2.75) is 6.61 Å². The number of imidazole rings is 1. The van der Waals surface area contributed by atoms with Gasteiger partial charge in [0.2, 0.25) is 0 Å². The number of ether oxygens (including phenoxy) is 2. The molecule has 94 valence electrons. The summed E-state index contributed by atoms with van der Waals surface area (Å²) in [5.74, 6) is 0.212. The number of carbonyl (C=O) groups is 1. The molecule has 0 spiro atoms. The van der Waals surface area contributed by atoms with E-state index in [1.807, 2.05) is 24.3 Å². The summed E-state index contributed by atoms with van der Waals surface area (Å²) in [6.07, 6.45) is 1.46. The van der Waals surface area contributed by atoms with E-state index in [2.05, 4.69) is 14.7 Å². The second-order valence-corrected chi connectivity index (χ2v) is 3.77. The molecular weight excluding hydrogens is 232 g/mol. The van der Waals surface area contributed by atoms with E-state index in [1.165, 1.54) is 13.3 Å². The van der Waals surface area contributed by atoms with Gasteiger partial charge in [0.25, 0.3) is 0 Å². The lowest BCUT2D eigenvalue weighted by Gasteiger charge is -2.01. The Kier molecular flexibility index (Phi) is 3.74. The van der Waals surface area contributed by atoms with Crippen molar-refractivity contribution in [2.75, 3.05) is 14.2 Å². The molecule has 0 bridgehead atoms. The Bertz CT molecular complexity index is 531. The first-order chi connectivity index (χ1) is 8.74. The molecule has 0 aliphatic heterocycles. The predicted octanol–water partition coefficient (Wildman–Crippen LogP) is 2.01. The van der Waals surface area contributed by atoms with Crippen molar-refractivity contribution in [1.29, 1.82) is 0 Å². The van der Waals surface area contributed by atoms with Gasteiger partial charge >= 0.3 is 5.97 Å². The quantitative estimate of drug-likeness (QED) is 0.838. The number of rotatable bonds is 4. The molecule has 0 saturated carbocycles. The second-order valence-electron chi connectivity index (χ2n) is 3.77. The third-order valence-electron chi connectivity index (χ3n) is 2.52. The number of benzene rings is 1. The zero-order chi connectivity index (χ0) is 13.0. The number of nitrogens with zero attached hydrogens (tertiary/aromatic N) is 1. The van der Waals surface area contributed by atoms with Crippen LogP contribution in [0.15, 0.2) is 30.5 Å². The fourth-order valence-electron chi connectivity index (χ4n) is 1.61. The van der Waals surface area contributed by atoms with Crippen molar-refractivity contribution in [3.8, 4) is 11.4 Å². The van der Waals surface area contributed by atoms with Gasteiger partial charge in [0.05, 0.1) is 19.9 Å². The van der Waals surface area contributed by atoms with Gasteiger partial charge in [0, 0.05) is 12.7 Å². The monoisotopic (exact) mass is 246 g/mol. The van der Waals surface area contributed by atoms with E-state index in [9.17, 15) is 4.79 Å². The number of methoxy groups -OCH3 is 2. The summed E-state index contributed by atoms with van der Waals surface area (Å²) < 4.78 is 9.65. The minimum absolute atomic E-state index is 0.341. The summed E-state index contributed by atoms with van der Waals surface area (Å²) in [7, 11) is 2.99. The summed E-state index contributed by atoms with van der Waals surface area (Å²) in [5, 5.41) is 0. The van der Waals surface area contributed by atoms with Gasteiger partial charge in [-0.15, -0.1) is 0 Å². The Hall–Kier alpha value is -2.14. The molecule has 5 heteroatoms. The van der Waals surface area contributed by atoms with Crippen LogP contribution in [0.3, 0.4) is 0 Å². The molecule has 1 N–H and O–H groups in total. The number of hydrogen-bond acceptors (Lipinski definition) is 4. The number of aromatic nitrogens is 2. The standard InChI is InChI=1S/C13H14N2O3/c1-17-8-9-3-5-10(6-4-9)12-14-7-11(15-12)13(16)18-2/h3-7H,8H2,1-2H3,(H,14,15). The number of H-pyrrole nitrogens is 1. The van der Waals surface area contributed by atoms with Gasteiger partial charge in [-0.25, -0.2) is 9.78 Å². The average molecular weight is 246 g/mol. The number of hydrogen-bond donors (Lipinski definition) is 1. The van der Waals surface area contributed by atoms with Crippen molar-refractivity contribution in [3.05, 3.63) is 41.7 Å². The zero-order valence-corrected chi connectivity index (χ0v) is 10.3. The maximum absolute atomic E-state index is 11.3. The Balaban J connectivity index is 2.20. The van der Waals surface area contributed by atoms with Crippen LogP contribution in [0.4, 0.5) is 0 Å². The molecule has 0 fully saturated rings. The maximum Gasteiger partial charge on any atom is 0.356 e. The molecule has 2 rings (SSSR count). The van der Waals surface area contributed by atoms with Crippen molar-refractivity contribution < 1.29 is 14.3 Å². The minimum atomic E-state index is -0.426. The van der Waals surface area contributed by atoms with E-state index < -0.39 is 5.97 Å². The number of carbonyl (C=O) groups excluding carboxylic acids is 1. The first-order valence-electron chi connectivity index (χ1n) is 5.46. The van der Waals surface area contributed by atoms with Gasteiger partial charge < -0.3 is 14.5 Å². The lowest BCUT2D eigenvalue weighted by molar-refractivity contribution is 0.0595. The van der Waals surface area contributed by atoms with Crippen LogP contribution in [0.1, 0.15) is 16.1 Å². The summed E-state index contributed by atoms with van der Waals surface area (Å²) >= 11 is 0. The number of aromatic amines is 1. The van der Waals surface area contributed by atoms with Crippen LogP contribution in [-0.4, -0.2) is 30.2 Å². The molecule has 0 radical (unpaired) electrons. The summed E-state index contributed by atoms with van der Waals surface area (Å²) in [6.45, 7) is 0.575. The van der Waals surface area contributed by atoms with Crippen LogP contribution in [0.25, 0.3) is 11.4 Å². The highest BCUT2D eigenvalue weighted by Crippen LogP contribution is 2.17. The first-order valence-corrected chi connectivity index (χ1v) is 5.46. The number of nitrogens with one attached hydrogen (secondary N) is 1. The van der Waals surface area contributed by atoms with Crippen molar-refractivity contribution in [3.63, 3.8) is 0 Å². The van der Waals surface area contributed by atoms with Gasteiger partial charge in [-0.05, 0) is 5.56 Å². The molecule has 18 heavy (non-hydrogen) atoms. The van der Waals surface area contributed by atoms with Crippen LogP contribution in [-0.2, 0) is 16.1 Å². The van der Waals surface area contributed by atoms with Gasteiger partial charge in [-0.3, -0.25) is 0 Å². The average Bonchev–Trinajstić information content (AvgIpc) is 2.89. The molecule has 5 nitrogen and oxygen atoms in total. The highest BCUT2D eigenvalue weighted by molar-refractivity contribution is 5.87. The molecule has 2 aromatic rings. The van der Waals surface area contributed by atoms with E-state index in [0.29, 0.717) is 18.1 Å². The predicted molar refractivity (Wildman–Crippen MR) is 66.1 cm³/mol. The Morgan fingerprint density at radius 1 is 1.28 bits per heavy atom. The summed E-state index contributed by atoms with van der Waals surface area (Å²) in [4.78, 5) is 18.3. The van der Waals surface area contributed by atoms with E-state index in [1.54, 1.807) is 7.11 Å². The fourth-order valence-corrected chi connectivity index (χ4v) is 1.61.